The van der Waals surface area contributed by atoms with Gasteiger partial charge in [-0.05, 0) is 18.1 Å². The Morgan fingerprint density at radius 2 is 1.52 bits per heavy atom. The van der Waals surface area contributed by atoms with Gasteiger partial charge < -0.3 is 9.72 Å². The third-order valence-corrected chi connectivity index (χ3v) is 4.00. The third kappa shape index (κ3) is 2.42. The molecule has 0 fully saturated rings. The Morgan fingerprint density at radius 3 is 1.91 bits per heavy atom. The molecule has 0 spiro atoms. The topological polar surface area (TPSA) is 55.0 Å². The highest BCUT2D eigenvalue weighted by molar-refractivity contribution is 5.91. The lowest BCUT2D eigenvalue weighted by Crippen LogP contribution is -2.40. The van der Waals surface area contributed by atoms with Crippen molar-refractivity contribution in [2.75, 3.05) is 7.11 Å². The molecular weight excluding hydrogens is 288 g/mol. The molecule has 3 aromatic rings. The summed E-state index contributed by atoms with van der Waals surface area (Å²) in [7, 11) is 1.41. The van der Waals surface area contributed by atoms with Gasteiger partial charge in [0.25, 0.3) is 0 Å². The summed E-state index contributed by atoms with van der Waals surface area (Å²) in [6.07, 6.45) is 1.77. The fourth-order valence-corrected chi connectivity index (χ4v) is 2.94. The van der Waals surface area contributed by atoms with Crippen LogP contribution in [0.15, 0.2) is 66.9 Å². The SMILES string of the molecule is COC(=O)C(c1ccccc1)(c1ccccc1)c1c[nH]c(C)n1. The predicted molar refractivity (Wildman–Crippen MR) is 88.1 cm³/mol. The van der Waals surface area contributed by atoms with Crippen molar-refractivity contribution in [1.29, 1.82) is 0 Å². The zero-order valence-corrected chi connectivity index (χ0v) is 13.1. The van der Waals surface area contributed by atoms with Crippen LogP contribution in [0.1, 0.15) is 22.6 Å². The number of esters is 1. The Morgan fingerprint density at radius 1 is 1.00 bits per heavy atom. The van der Waals surface area contributed by atoms with Gasteiger partial charge in [-0.2, -0.15) is 0 Å². The standard InChI is InChI=1S/C19H18N2O2/c1-14-20-13-17(21-14)19(18(22)23-2,15-9-5-3-6-10-15)16-11-7-4-8-12-16/h3-13H,1-2H3,(H,20,21). The molecule has 1 heterocycles. The minimum atomic E-state index is -1.10. The number of imidazole rings is 1. The molecule has 0 unspecified atom stereocenters. The number of carbonyl (C=O) groups is 1. The molecule has 0 bridgehead atoms. The van der Waals surface area contributed by atoms with Crippen LogP contribution in [-0.4, -0.2) is 23.0 Å². The maximum atomic E-state index is 13.0. The number of H-pyrrole nitrogens is 1. The first-order valence-corrected chi connectivity index (χ1v) is 7.41. The average molecular weight is 306 g/mol. The van der Waals surface area contributed by atoms with E-state index in [9.17, 15) is 4.79 Å². The molecule has 0 saturated heterocycles. The molecule has 0 radical (unpaired) electrons. The smallest absolute Gasteiger partial charge is 0.327 e. The lowest BCUT2D eigenvalue weighted by Gasteiger charge is -2.30. The quantitative estimate of drug-likeness (QED) is 0.753. The third-order valence-electron chi connectivity index (χ3n) is 4.00. The number of rotatable bonds is 4. The van der Waals surface area contributed by atoms with Crippen molar-refractivity contribution in [2.45, 2.75) is 12.3 Å². The van der Waals surface area contributed by atoms with E-state index in [1.807, 2.05) is 67.6 Å². The summed E-state index contributed by atoms with van der Waals surface area (Å²) < 4.78 is 5.20. The number of aromatic nitrogens is 2. The molecule has 1 aromatic heterocycles. The maximum Gasteiger partial charge on any atom is 0.327 e. The van der Waals surface area contributed by atoms with Crippen molar-refractivity contribution < 1.29 is 9.53 Å². The minimum Gasteiger partial charge on any atom is -0.468 e. The van der Waals surface area contributed by atoms with E-state index >= 15 is 0 Å². The van der Waals surface area contributed by atoms with Crippen LogP contribution in [0, 0.1) is 6.92 Å². The van der Waals surface area contributed by atoms with Crippen molar-refractivity contribution >= 4 is 5.97 Å². The number of hydrogen-bond acceptors (Lipinski definition) is 3. The lowest BCUT2D eigenvalue weighted by atomic mass is 9.72. The molecule has 4 nitrogen and oxygen atoms in total. The number of hydrogen-bond donors (Lipinski definition) is 1. The lowest BCUT2D eigenvalue weighted by molar-refractivity contribution is -0.144. The first-order chi connectivity index (χ1) is 11.2. The molecule has 23 heavy (non-hydrogen) atoms. The van der Waals surface area contributed by atoms with E-state index in [1.54, 1.807) is 6.20 Å². The van der Waals surface area contributed by atoms with Crippen molar-refractivity contribution in [2.24, 2.45) is 0 Å². The molecule has 0 aliphatic heterocycles. The molecule has 0 saturated carbocycles. The molecule has 0 aliphatic carbocycles. The number of aryl methyl sites for hydroxylation is 1. The van der Waals surface area contributed by atoms with Gasteiger partial charge in [0.2, 0.25) is 0 Å². The van der Waals surface area contributed by atoms with Gasteiger partial charge in [0, 0.05) is 6.20 Å². The minimum absolute atomic E-state index is 0.360. The van der Waals surface area contributed by atoms with Gasteiger partial charge in [-0.25, -0.2) is 4.98 Å². The molecule has 1 N–H and O–H groups in total. The highest BCUT2D eigenvalue weighted by Crippen LogP contribution is 2.39. The average Bonchev–Trinajstić information content (AvgIpc) is 3.04. The summed E-state index contributed by atoms with van der Waals surface area (Å²) in [5.41, 5.74) is 1.18. The molecule has 3 rings (SSSR count). The number of aromatic amines is 1. The van der Waals surface area contributed by atoms with Crippen molar-refractivity contribution in [1.82, 2.24) is 9.97 Å². The van der Waals surface area contributed by atoms with Gasteiger partial charge in [-0.15, -0.1) is 0 Å². The van der Waals surface area contributed by atoms with E-state index in [4.69, 9.17) is 4.74 Å². The molecule has 116 valence electrons. The molecule has 0 aliphatic rings. The van der Waals surface area contributed by atoms with Crippen LogP contribution < -0.4 is 0 Å². The van der Waals surface area contributed by atoms with Crippen molar-refractivity contribution in [3.63, 3.8) is 0 Å². The molecular formula is C19H18N2O2. The molecule has 4 heteroatoms. The fourth-order valence-electron chi connectivity index (χ4n) is 2.94. The van der Waals surface area contributed by atoms with Crippen molar-refractivity contribution in [3.8, 4) is 0 Å². The number of methoxy groups -OCH3 is 1. The summed E-state index contributed by atoms with van der Waals surface area (Å²) in [5, 5.41) is 0. The zero-order valence-electron chi connectivity index (χ0n) is 13.1. The van der Waals surface area contributed by atoms with Crippen LogP contribution in [-0.2, 0) is 14.9 Å². The Labute approximate surface area is 135 Å². The molecule has 0 amide bonds. The highest BCUT2D eigenvalue weighted by Gasteiger charge is 2.46. The van der Waals surface area contributed by atoms with Crippen LogP contribution >= 0.6 is 0 Å². The first-order valence-electron chi connectivity index (χ1n) is 7.41. The predicted octanol–water partition coefficient (Wildman–Crippen LogP) is 3.23. The summed E-state index contributed by atoms with van der Waals surface area (Å²) in [6, 6.07) is 19.2. The molecule has 2 aromatic carbocycles. The van der Waals surface area contributed by atoms with Crippen molar-refractivity contribution in [3.05, 3.63) is 89.5 Å². The second-order valence-corrected chi connectivity index (χ2v) is 5.34. The number of carbonyl (C=O) groups excluding carboxylic acids is 1. The van der Waals surface area contributed by atoms with E-state index in [-0.39, 0.29) is 5.97 Å². The van der Waals surface area contributed by atoms with E-state index in [0.717, 1.165) is 17.0 Å². The second kappa shape index (κ2) is 6.08. The van der Waals surface area contributed by atoms with Gasteiger partial charge in [0.05, 0.1) is 12.8 Å². The summed E-state index contributed by atoms with van der Waals surface area (Å²) in [6.45, 7) is 1.86. The zero-order chi connectivity index (χ0) is 16.3. The number of ether oxygens (including phenoxy) is 1. The summed E-state index contributed by atoms with van der Waals surface area (Å²) >= 11 is 0. The van der Waals surface area contributed by atoms with E-state index < -0.39 is 5.41 Å². The van der Waals surface area contributed by atoms with Gasteiger partial charge in [-0.1, -0.05) is 60.7 Å². The Bertz CT molecular complexity index is 755. The Kier molecular flexibility index (Phi) is 3.98. The van der Waals surface area contributed by atoms with E-state index in [2.05, 4.69) is 9.97 Å². The van der Waals surface area contributed by atoms with Gasteiger partial charge in [0.1, 0.15) is 5.82 Å². The van der Waals surface area contributed by atoms with Gasteiger partial charge in [0.15, 0.2) is 5.41 Å². The van der Waals surface area contributed by atoms with Crippen LogP contribution in [0.4, 0.5) is 0 Å². The number of nitrogens with one attached hydrogen (secondary N) is 1. The summed E-state index contributed by atoms with van der Waals surface area (Å²) in [5.74, 6) is 0.390. The van der Waals surface area contributed by atoms with Gasteiger partial charge in [-0.3, -0.25) is 4.79 Å². The maximum absolute atomic E-state index is 13.0. The fraction of sp³-hybridized carbons (Fsp3) is 0.158. The Hall–Kier alpha value is -2.88. The van der Waals surface area contributed by atoms with Crippen LogP contribution in [0.2, 0.25) is 0 Å². The van der Waals surface area contributed by atoms with Crippen LogP contribution in [0.3, 0.4) is 0 Å². The first kappa shape index (κ1) is 15.0. The van der Waals surface area contributed by atoms with E-state index in [0.29, 0.717) is 5.69 Å². The normalized spacial score (nSPS) is 11.2. The largest absolute Gasteiger partial charge is 0.468 e. The van der Waals surface area contributed by atoms with Crippen LogP contribution in [0.25, 0.3) is 0 Å². The van der Waals surface area contributed by atoms with Gasteiger partial charge >= 0.3 is 5.97 Å². The monoisotopic (exact) mass is 306 g/mol. The summed E-state index contributed by atoms with van der Waals surface area (Å²) in [4.78, 5) is 20.6. The Balaban J connectivity index is 2.37. The molecule has 0 atom stereocenters. The highest BCUT2D eigenvalue weighted by atomic mass is 16.5. The van der Waals surface area contributed by atoms with E-state index in [1.165, 1.54) is 7.11 Å². The number of benzene rings is 2. The second-order valence-electron chi connectivity index (χ2n) is 5.34. The van der Waals surface area contributed by atoms with Crippen LogP contribution in [0.5, 0.6) is 0 Å². The number of nitrogens with zero attached hydrogens (tertiary/aromatic N) is 1.